The van der Waals surface area contributed by atoms with Gasteiger partial charge in [-0.25, -0.2) is 0 Å². The first kappa shape index (κ1) is 16.8. The van der Waals surface area contributed by atoms with Crippen molar-refractivity contribution in [2.75, 3.05) is 20.2 Å². The minimum absolute atomic E-state index is 0.115. The summed E-state index contributed by atoms with van der Waals surface area (Å²) in [6.07, 6.45) is 6.99. The lowest BCUT2D eigenvalue weighted by Crippen LogP contribution is -2.32. The van der Waals surface area contributed by atoms with Crippen molar-refractivity contribution in [3.05, 3.63) is 58.3 Å². The van der Waals surface area contributed by atoms with Crippen molar-refractivity contribution < 1.29 is 9.53 Å². The molecule has 1 amide bonds. The van der Waals surface area contributed by atoms with E-state index in [0.717, 1.165) is 43.0 Å². The van der Waals surface area contributed by atoms with Crippen LogP contribution in [0.2, 0.25) is 0 Å². The molecule has 0 spiro atoms. The normalized spacial score (nSPS) is 18.5. The van der Waals surface area contributed by atoms with E-state index >= 15 is 0 Å². The zero-order valence-electron chi connectivity index (χ0n) is 14.0. The Balaban J connectivity index is 1.68. The predicted molar refractivity (Wildman–Crippen MR) is 99.5 cm³/mol. The summed E-state index contributed by atoms with van der Waals surface area (Å²) < 4.78 is 5.24. The summed E-state index contributed by atoms with van der Waals surface area (Å²) in [6.45, 7) is 1.64. The van der Waals surface area contributed by atoms with Gasteiger partial charge in [-0.2, -0.15) is 0 Å². The van der Waals surface area contributed by atoms with Gasteiger partial charge in [0.15, 0.2) is 0 Å². The van der Waals surface area contributed by atoms with Gasteiger partial charge in [-0.1, -0.05) is 24.6 Å². The van der Waals surface area contributed by atoms with Crippen LogP contribution in [-0.2, 0) is 4.79 Å². The van der Waals surface area contributed by atoms with Gasteiger partial charge in [0.1, 0.15) is 5.75 Å². The number of nitrogens with zero attached hydrogens (tertiary/aromatic N) is 1. The first-order valence-electron chi connectivity index (χ1n) is 8.40. The van der Waals surface area contributed by atoms with Crippen LogP contribution >= 0.6 is 11.3 Å². The van der Waals surface area contributed by atoms with Crippen molar-refractivity contribution >= 4 is 23.3 Å². The van der Waals surface area contributed by atoms with E-state index in [4.69, 9.17) is 4.74 Å². The second-order valence-electron chi connectivity index (χ2n) is 6.10. The molecule has 0 aliphatic carbocycles. The third kappa shape index (κ3) is 4.26. The number of carbonyl (C=O) groups is 1. The number of hydrogen-bond donors (Lipinski definition) is 0. The van der Waals surface area contributed by atoms with Gasteiger partial charge in [0.2, 0.25) is 5.91 Å². The number of methoxy groups -OCH3 is 1. The summed E-state index contributed by atoms with van der Waals surface area (Å²) >= 11 is 1.65. The molecule has 126 valence electrons. The Bertz CT molecular complexity index is 676. The molecule has 1 aliphatic rings. The minimum atomic E-state index is 0.115. The van der Waals surface area contributed by atoms with Crippen molar-refractivity contribution in [3.8, 4) is 5.75 Å². The number of amides is 1. The molecule has 1 saturated heterocycles. The highest BCUT2D eigenvalue weighted by molar-refractivity contribution is 7.10. The van der Waals surface area contributed by atoms with E-state index in [1.807, 2.05) is 40.6 Å². The molecule has 0 bridgehead atoms. The molecular weight excluding hydrogens is 318 g/mol. The molecule has 2 aromatic rings. The maximum atomic E-state index is 12.5. The maximum absolute atomic E-state index is 12.5. The third-order valence-corrected chi connectivity index (χ3v) is 5.34. The lowest BCUT2D eigenvalue weighted by atomic mass is 9.94. The first-order chi connectivity index (χ1) is 11.8. The summed E-state index contributed by atoms with van der Waals surface area (Å²) in [7, 11) is 1.68. The van der Waals surface area contributed by atoms with Gasteiger partial charge in [-0.05, 0) is 48.1 Å². The zero-order valence-corrected chi connectivity index (χ0v) is 14.8. The fourth-order valence-electron chi connectivity index (χ4n) is 3.14. The van der Waals surface area contributed by atoms with E-state index in [1.165, 1.54) is 5.56 Å². The van der Waals surface area contributed by atoms with Gasteiger partial charge in [0.25, 0.3) is 0 Å². The molecule has 3 nitrogen and oxygen atoms in total. The summed E-state index contributed by atoms with van der Waals surface area (Å²) in [4.78, 5) is 15.7. The SMILES string of the molecule is COc1ccc([C@H]2CCCCN(C(=O)/C=C/c3cccs3)C2)cc1. The molecule has 1 fully saturated rings. The van der Waals surface area contributed by atoms with E-state index in [1.54, 1.807) is 24.5 Å². The lowest BCUT2D eigenvalue weighted by Gasteiger charge is -2.24. The molecule has 1 aromatic carbocycles. The molecule has 1 aliphatic heterocycles. The largest absolute Gasteiger partial charge is 0.497 e. The number of benzene rings is 1. The first-order valence-corrected chi connectivity index (χ1v) is 9.28. The molecule has 4 heteroatoms. The number of rotatable bonds is 4. The van der Waals surface area contributed by atoms with Gasteiger partial charge in [-0.3, -0.25) is 4.79 Å². The fourth-order valence-corrected chi connectivity index (χ4v) is 3.75. The number of hydrogen-bond acceptors (Lipinski definition) is 3. The average molecular weight is 341 g/mol. The molecule has 0 saturated carbocycles. The molecule has 1 atom stereocenters. The van der Waals surface area contributed by atoms with Gasteiger partial charge < -0.3 is 9.64 Å². The Morgan fingerprint density at radius 1 is 1.25 bits per heavy atom. The molecule has 24 heavy (non-hydrogen) atoms. The van der Waals surface area contributed by atoms with Gasteiger partial charge >= 0.3 is 0 Å². The lowest BCUT2D eigenvalue weighted by molar-refractivity contribution is -0.126. The standard InChI is InChI=1S/C20H23NO2S/c1-23-18-9-7-16(8-10-18)17-5-2-3-13-21(15-17)20(22)12-11-19-6-4-14-24-19/h4,6-12,14,17H,2-3,5,13,15H2,1H3/b12-11+/t17-/m0/s1. The van der Waals surface area contributed by atoms with Crippen LogP contribution in [0, 0.1) is 0 Å². The Morgan fingerprint density at radius 2 is 2.08 bits per heavy atom. The molecular formula is C20H23NO2S. The summed E-state index contributed by atoms with van der Waals surface area (Å²) in [6, 6.07) is 12.3. The van der Waals surface area contributed by atoms with Crippen LogP contribution in [0.25, 0.3) is 6.08 Å². The maximum Gasteiger partial charge on any atom is 0.246 e. The van der Waals surface area contributed by atoms with Crippen LogP contribution in [0.1, 0.15) is 35.6 Å². The molecule has 2 heterocycles. The quantitative estimate of drug-likeness (QED) is 0.763. The average Bonchev–Trinajstić information content (AvgIpc) is 3.02. The minimum Gasteiger partial charge on any atom is -0.497 e. The van der Waals surface area contributed by atoms with Gasteiger partial charge in [-0.15, -0.1) is 11.3 Å². The van der Waals surface area contributed by atoms with Gasteiger partial charge in [0, 0.05) is 30.0 Å². The number of carbonyl (C=O) groups excluding carboxylic acids is 1. The Hall–Kier alpha value is -2.07. The smallest absolute Gasteiger partial charge is 0.246 e. The highest BCUT2D eigenvalue weighted by Crippen LogP contribution is 2.28. The van der Waals surface area contributed by atoms with E-state index in [9.17, 15) is 4.79 Å². The van der Waals surface area contributed by atoms with Crippen LogP contribution in [0.15, 0.2) is 47.9 Å². The van der Waals surface area contributed by atoms with Crippen LogP contribution in [-0.4, -0.2) is 31.0 Å². The second-order valence-corrected chi connectivity index (χ2v) is 7.08. The Labute approximate surface area is 147 Å². The highest BCUT2D eigenvalue weighted by Gasteiger charge is 2.22. The van der Waals surface area contributed by atoms with Crippen LogP contribution in [0.5, 0.6) is 5.75 Å². The molecule has 0 radical (unpaired) electrons. The third-order valence-electron chi connectivity index (χ3n) is 4.50. The van der Waals surface area contributed by atoms with Crippen molar-refractivity contribution in [1.29, 1.82) is 0 Å². The van der Waals surface area contributed by atoms with Crippen LogP contribution in [0.4, 0.5) is 0 Å². The second kappa shape index (κ2) is 8.15. The number of thiophene rings is 1. The summed E-state index contributed by atoms with van der Waals surface area (Å²) in [5.41, 5.74) is 1.29. The molecule has 3 rings (SSSR count). The van der Waals surface area contributed by atoms with E-state index < -0.39 is 0 Å². The number of ether oxygens (including phenoxy) is 1. The Morgan fingerprint density at radius 3 is 2.79 bits per heavy atom. The van der Waals surface area contributed by atoms with Crippen molar-refractivity contribution in [1.82, 2.24) is 4.90 Å². The van der Waals surface area contributed by atoms with Gasteiger partial charge in [0.05, 0.1) is 7.11 Å². The molecule has 1 aromatic heterocycles. The molecule has 0 N–H and O–H groups in total. The Kier molecular flexibility index (Phi) is 5.70. The van der Waals surface area contributed by atoms with Crippen molar-refractivity contribution in [2.24, 2.45) is 0 Å². The summed E-state index contributed by atoms with van der Waals surface area (Å²) in [5.74, 6) is 1.39. The monoisotopic (exact) mass is 341 g/mol. The van der Waals surface area contributed by atoms with E-state index in [2.05, 4.69) is 12.1 Å². The predicted octanol–water partition coefficient (Wildman–Crippen LogP) is 4.57. The highest BCUT2D eigenvalue weighted by atomic mass is 32.1. The van der Waals surface area contributed by atoms with Crippen molar-refractivity contribution in [3.63, 3.8) is 0 Å². The fraction of sp³-hybridized carbons (Fsp3) is 0.350. The zero-order chi connectivity index (χ0) is 16.8. The summed E-state index contributed by atoms with van der Waals surface area (Å²) in [5, 5.41) is 2.02. The van der Waals surface area contributed by atoms with Crippen LogP contribution < -0.4 is 4.74 Å². The van der Waals surface area contributed by atoms with E-state index in [-0.39, 0.29) is 5.91 Å². The van der Waals surface area contributed by atoms with Crippen LogP contribution in [0.3, 0.4) is 0 Å². The van der Waals surface area contributed by atoms with Crippen molar-refractivity contribution in [2.45, 2.75) is 25.2 Å². The molecule has 0 unspecified atom stereocenters. The van der Waals surface area contributed by atoms with E-state index in [0.29, 0.717) is 5.92 Å². The topological polar surface area (TPSA) is 29.5 Å². The number of likely N-dealkylation sites (tertiary alicyclic amines) is 1.